The Morgan fingerprint density at radius 2 is 1.50 bits per heavy atom. The van der Waals surface area contributed by atoms with Crippen LogP contribution in [0, 0.1) is 27.7 Å². The molecule has 2 aromatic carbocycles. The number of carbonyl (C=O) groups is 1. The second-order valence-corrected chi connectivity index (χ2v) is 10.3. The summed E-state index contributed by atoms with van der Waals surface area (Å²) < 4.78 is 27.3. The lowest BCUT2D eigenvalue weighted by Crippen LogP contribution is -3.19. The van der Waals surface area contributed by atoms with Gasteiger partial charge in [0, 0.05) is 5.69 Å². The lowest BCUT2D eigenvalue weighted by molar-refractivity contribution is -0.917. The molecule has 0 spiro atoms. The minimum atomic E-state index is -3.49. The van der Waals surface area contributed by atoms with Crippen molar-refractivity contribution in [1.82, 2.24) is 4.31 Å². The zero-order valence-electron chi connectivity index (χ0n) is 18.5. The van der Waals surface area contributed by atoms with Crippen molar-refractivity contribution in [2.75, 3.05) is 31.5 Å². The molecule has 2 N–H and O–H groups in total. The molecule has 162 valence electrons. The number of hydrogen-bond donors (Lipinski definition) is 2. The molecule has 0 radical (unpaired) electrons. The van der Waals surface area contributed by atoms with Gasteiger partial charge in [0.1, 0.15) is 0 Å². The molecule has 0 saturated carbocycles. The molecule has 1 atom stereocenters. The third kappa shape index (κ3) is 4.74. The maximum absolute atomic E-state index is 12.9. The van der Waals surface area contributed by atoms with Gasteiger partial charge in [0.2, 0.25) is 10.0 Å². The van der Waals surface area contributed by atoms with Gasteiger partial charge in [-0.1, -0.05) is 35.4 Å². The van der Waals surface area contributed by atoms with Crippen LogP contribution in [0.2, 0.25) is 0 Å². The molecule has 0 aromatic heterocycles. The van der Waals surface area contributed by atoms with Crippen LogP contribution in [0.1, 0.15) is 29.2 Å². The second kappa shape index (κ2) is 8.88. The Kier molecular flexibility index (Phi) is 6.65. The van der Waals surface area contributed by atoms with E-state index >= 15 is 0 Å². The number of amides is 1. The highest BCUT2D eigenvalue weighted by atomic mass is 32.2. The predicted molar refractivity (Wildman–Crippen MR) is 119 cm³/mol. The van der Waals surface area contributed by atoms with Gasteiger partial charge in [-0.05, 0) is 57.9 Å². The van der Waals surface area contributed by atoms with Gasteiger partial charge in [0.15, 0.2) is 6.04 Å². The van der Waals surface area contributed by atoms with Crippen molar-refractivity contribution in [3.63, 3.8) is 0 Å². The molecular weight excluding hydrogens is 398 g/mol. The summed E-state index contributed by atoms with van der Waals surface area (Å²) in [7, 11) is -3.49. The van der Waals surface area contributed by atoms with Crippen molar-refractivity contribution in [1.29, 1.82) is 0 Å². The van der Waals surface area contributed by atoms with E-state index in [1.807, 2.05) is 46.8 Å². The van der Waals surface area contributed by atoms with Crippen molar-refractivity contribution in [3.8, 4) is 0 Å². The first-order chi connectivity index (χ1) is 14.1. The van der Waals surface area contributed by atoms with E-state index in [1.54, 1.807) is 12.1 Å². The minimum Gasteiger partial charge on any atom is -0.323 e. The number of benzene rings is 2. The van der Waals surface area contributed by atoms with Crippen LogP contribution >= 0.6 is 0 Å². The third-order valence-electron chi connectivity index (χ3n) is 5.95. The van der Waals surface area contributed by atoms with Gasteiger partial charge in [-0.3, -0.25) is 4.79 Å². The number of nitrogens with zero attached hydrogens (tertiary/aromatic N) is 1. The Morgan fingerprint density at radius 3 is 2.03 bits per heavy atom. The summed E-state index contributed by atoms with van der Waals surface area (Å²) in [6.45, 7) is 11.9. The largest absolute Gasteiger partial charge is 0.323 e. The average Bonchev–Trinajstić information content (AvgIpc) is 2.70. The maximum atomic E-state index is 12.9. The number of rotatable bonds is 5. The summed E-state index contributed by atoms with van der Waals surface area (Å²) in [4.78, 5) is 14.3. The van der Waals surface area contributed by atoms with Crippen LogP contribution in [0.4, 0.5) is 5.69 Å². The molecular formula is C23H32N3O3S+. The van der Waals surface area contributed by atoms with Gasteiger partial charge in [-0.25, -0.2) is 8.42 Å². The van der Waals surface area contributed by atoms with E-state index in [4.69, 9.17) is 0 Å². The molecule has 2 aromatic rings. The van der Waals surface area contributed by atoms with Crippen molar-refractivity contribution in [2.45, 2.75) is 45.6 Å². The van der Waals surface area contributed by atoms with E-state index in [9.17, 15) is 13.2 Å². The van der Waals surface area contributed by atoms with Crippen LogP contribution in [0.5, 0.6) is 0 Å². The van der Waals surface area contributed by atoms with Gasteiger partial charge in [-0.2, -0.15) is 4.31 Å². The van der Waals surface area contributed by atoms with E-state index in [0.29, 0.717) is 31.1 Å². The van der Waals surface area contributed by atoms with Gasteiger partial charge >= 0.3 is 0 Å². The van der Waals surface area contributed by atoms with Gasteiger partial charge in [0.25, 0.3) is 5.91 Å². The third-order valence-corrected chi connectivity index (χ3v) is 7.87. The molecule has 1 fully saturated rings. The standard InChI is InChI=1S/C23H31N3O3S/c1-16-6-8-21(9-7-16)30(28,29)26-12-10-25(11-13-26)20(5)23(27)24-22-18(3)14-17(2)15-19(22)4/h6-9,14-15,20H,10-13H2,1-5H3,(H,24,27)/p+1/t20-/m1/s1. The van der Waals surface area contributed by atoms with E-state index in [2.05, 4.69) is 17.4 Å². The number of quaternary nitrogens is 1. The molecule has 1 aliphatic rings. The van der Waals surface area contributed by atoms with E-state index in [1.165, 1.54) is 9.87 Å². The van der Waals surface area contributed by atoms with Gasteiger partial charge in [0.05, 0.1) is 31.1 Å². The normalized spacial score (nSPS) is 17.0. The monoisotopic (exact) mass is 430 g/mol. The summed E-state index contributed by atoms with van der Waals surface area (Å²) in [6.07, 6.45) is 0. The Hall–Kier alpha value is -2.22. The number of carbonyl (C=O) groups excluding carboxylic acids is 1. The fourth-order valence-corrected chi connectivity index (χ4v) is 5.54. The van der Waals surface area contributed by atoms with Gasteiger partial charge in [-0.15, -0.1) is 0 Å². The molecule has 6 nitrogen and oxygen atoms in total. The molecule has 7 heteroatoms. The van der Waals surface area contributed by atoms with E-state index < -0.39 is 10.0 Å². The molecule has 0 unspecified atom stereocenters. The fourth-order valence-electron chi connectivity index (χ4n) is 4.10. The zero-order valence-corrected chi connectivity index (χ0v) is 19.3. The number of aryl methyl sites for hydroxylation is 4. The zero-order chi connectivity index (χ0) is 22.1. The number of anilines is 1. The molecule has 30 heavy (non-hydrogen) atoms. The van der Waals surface area contributed by atoms with Crippen LogP contribution in [-0.4, -0.2) is 50.9 Å². The Bertz CT molecular complexity index is 1000. The first-order valence-corrected chi connectivity index (χ1v) is 11.8. The minimum absolute atomic E-state index is 0.0325. The van der Waals surface area contributed by atoms with Crippen LogP contribution in [0.3, 0.4) is 0 Å². The fraction of sp³-hybridized carbons (Fsp3) is 0.435. The highest BCUT2D eigenvalue weighted by molar-refractivity contribution is 7.89. The summed E-state index contributed by atoms with van der Waals surface area (Å²) in [5.74, 6) is -0.0325. The number of nitrogens with one attached hydrogen (secondary N) is 2. The Labute approximate surface area is 179 Å². The first-order valence-electron chi connectivity index (χ1n) is 10.4. The van der Waals surface area contributed by atoms with Crippen LogP contribution in [0.15, 0.2) is 41.3 Å². The van der Waals surface area contributed by atoms with Crippen molar-refractivity contribution in [3.05, 3.63) is 58.7 Å². The quantitative estimate of drug-likeness (QED) is 0.760. The molecule has 3 rings (SSSR count). The molecule has 0 bridgehead atoms. The van der Waals surface area contributed by atoms with Crippen LogP contribution in [0.25, 0.3) is 0 Å². The van der Waals surface area contributed by atoms with Crippen molar-refractivity contribution >= 4 is 21.6 Å². The average molecular weight is 431 g/mol. The van der Waals surface area contributed by atoms with Crippen molar-refractivity contribution < 1.29 is 18.1 Å². The molecule has 1 heterocycles. The Morgan fingerprint density at radius 1 is 0.967 bits per heavy atom. The summed E-state index contributed by atoms with van der Waals surface area (Å²) >= 11 is 0. The molecule has 1 aliphatic heterocycles. The SMILES string of the molecule is Cc1ccc(S(=O)(=O)N2CC[NH+]([C@H](C)C(=O)Nc3c(C)cc(C)cc3C)CC2)cc1. The van der Waals surface area contributed by atoms with Crippen LogP contribution < -0.4 is 10.2 Å². The lowest BCUT2D eigenvalue weighted by atomic mass is 10.0. The molecule has 1 saturated heterocycles. The summed E-state index contributed by atoms with van der Waals surface area (Å²) in [5, 5.41) is 3.08. The Balaban J connectivity index is 1.63. The summed E-state index contributed by atoms with van der Waals surface area (Å²) in [5.41, 5.74) is 5.18. The highest BCUT2D eigenvalue weighted by Crippen LogP contribution is 2.22. The topological polar surface area (TPSA) is 70.9 Å². The van der Waals surface area contributed by atoms with Crippen LogP contribution in [-0.2, 0) is 14.8 Å². The maximum Gasteiger partial charge on any atom is 0.282 e. The molecule has 0 aliphatic carbocycles. The van der Waals surface area contributed by atoms with Crippen molar-refractivity contribution in [2.24, 2.45) is 0 Å². The van der Waals surface area contributed by atoms with Gasteiger partial charge < -0.3 is 10.2 Å². The number of hydrogen-bond acceptors (Lipinski definition) is 3. The smallest absolute Gasteiger partial charge is 0.282 e. The first kappa shape index (κ1) is 22.5. The highest BCUT2D eigenvalue weighted by Gasteiger charge is 2.34. The number of sulfonamides is 1. The number of piperazine rings is 1. The lowest BCUT2D eigenvalue weighted by Gasteiger charge is -2.34. The predicted octanol–water partition coefficient (Wildman–Crippen LogP) is 1.84. The summed E-state index contributed by atoms with van der Waals surface area (Å²) in [6, 6.07) is 10.8. The second-order valence-electron chi connectivity index (χ2n) is 8.36. The van der Waals surface area contributed by atoms with E-state index in [-0.39, 0.29) is 11.9 Å². The molecule has 1 amide bonds. The van der Waals surface area contributed by atoms with E-state index in [0.717, 1.165) is 27.3 Å².